The Labute approximate surface area is 149 Å². The summed E-state index contributed by atoms with van der Waals surface area (Å²) in [5.74, 6) is -2.50. The van der Waals surface area contributed by atoms with Gasteiger partial charge in [-0.25, -0.2) is 17.6 Å². The van der Waals surface area contributed by atoms with Crippen molar-refractivity contribution in [3.05, 3.63) is 88.5 Å². The van der Waals surface area contributed by atoms with Crippen LogP contribution in [0, 0.1) is 44.0 Å². The smallest absolute Gasteiger partial charge is 0.147 e. The van der Waals surface area contributed by atoms with Crippen LogP contribution in [0.5, 0.6) is 0 Å². The molecule has 0 bridgehead atoms. The average molecular weight is 359 g/mol. The van der Waals surface area contributed by atoms with Gasteiger partial charge in [0.05, 0.1) is 11.4 Å². The minimum atomic E-state index is -0.732. The van der Waals surface area contributed by atoms with Crippen molar-refractivity contribution in [3.63, 3.8) is 0 Å². The monoisotopic (exact) mass is 359 g/mol. The minimum absolute atomic E-state index is 0.000932. The maximum Gasteiger partial charge on any atom is 0.147 e. The first-order valence-corrected chi connectivity index (χ1v) is 8.06. The van der Waals surface area contributed by atoms with Crippen molar-refractivity contribution in [2.45, 2.75) is 20.8 Å². The minimum Gasteiger partial charge on any atom is -0.305 e. The number of anilines is 3. The zero-order valence-corrected chi connectivity index (χ0v) is 14.6. The quantitative estimate of drug-likeness (QED) is 0.474. The first-order valence-electron chi connectivity index (χ1n) is 8.06. The zero-order chi connectivity index (χ0) is 19.0. The second-order valence-corrected chi connectivity index (χ2v) is 6.28. The molecule has 3 aromatic rings. The first-order chi connectivity index (χ1) is 12.3. The molecule has 0 spiro atoms. The highest BCUT2D eigenvalue weighted by Gasteiger charge is 2.21. The summed E-state index contributed by atoms with van der Waals surface area (Å²) in [6.07, 6.45) is 0. The lowest BCUT2D eigenvalue weighted by Gasteiger charge is -2.27. The molecule has 0 saturated carbocycles. The molecule has 0 aliphatic rings. The Kier molecular flexibility index (Phi) is 4.72. The molecule has 0 radical (unpaired) electrons. The number of nitrogens with zero attached hydrogens (tertiary/aromatic N) is 1. The van der Waals surface area contributed by atoms with E-state index in [0.29, 0.717) is 11.1 Å². The van der Waals surface area contributed by atoms with Crippen molar-refractivity contribution in [2.75, 3.05) is 4.90 Å². The van der Waals surface area contributed by atoms with E-state index in [1.807, 2.05) is 0 Å². The Morgan fingerprint density at radius 3 is 1.88 bits per heavy atom. The first kappa shape index (κ1) is 18.0. The SMILES string of the molecule is Cc1ccc(N(c2ccc(C)c(F)c2)c2cc(F)c(C)cc2F)c(F)c1. The van der Waals surface area contributed by atoms with Gasteiger partial charge >= 0.3 is 0 Å². The van der Waals surface area contributed by atoms with E-state index in [0.717, 1.165) is 12.1 Å². The summed E-state index contributed by atoms with van der Waals surface area (Å²) in [5, 5.41) is 0. The summed E-state index contributed by atoms with van der Waals surface area (Å²) in [7, 11) is 0. The number of aryl methyl sites for hydroxylation is 3. The standard InChI is InChI=1S/C21H17F4N/c1-12-4-7-20(18(24)8-12)26(15-6-5-13(2)16(22)10-15)21-11-17(23)14(3)9-19(21)25/h4-11H,1-3H3. The molecule has 134 valence electrons. The summed E-state index contributed by atoms with van der Waals surface area (Å²) in [4.78, 5) is 1.18. The van der Waals surface area contributed by atoms with Gasteiger partial charge in [-0.15, -0.1) is 0 Å². The Hall–Kier alpha value is -2.82. The van der Waals surface area contributed by atoms with E-state index in [1.165, 1.54) is 42.2 Å². The molecular formula is C21H17F4N. The van der Waals surface area contributed by atoms with Crippen LogP contribution in [0.3, 0.4) is 0 Å². The van der Waals surface area contributed by atoms with Crippen molar-refractivity contribution < 1.29 is 17.6 Å². The van der Waals surface area contributed by atoms with Crippen LogP contribution in [-0.4, -0.2) is 0 Å². The Morgan fingerprint density at radius 2 is 1.23 bits per heavy atom. The van der Waals surface area contributed by atoms with E-state index in [4.69, 9.17) is 0 Å². The van der Waals surface area contributed by atoms with E-state index in [-0.39, 0.29) is 22.6 Å². The number of hydrogen-bond donors (Lipinski definition) is 0. The molecule has 0 amide bonds. The van der Waals surface area contributed by atoms with Crippen molar-refractivity contribution >= 4 is 17.1 Å². The summed E-state index contributed by atoms with van der Waals surface area (Å²) in [6.45, 7) is 4.74. The van der Waals surface area contributed by atoms with Gasteiger partial charge in [-0.2, -0.15) is 0 Å². The van der Waals surface area contributed by atoms with Crippen LogP contribution in [0.25, 0.3) is 0 Å². The van der Waals surface area contributed by atoms with Gasteiger partial charge in [0.1, 0.15) is 23.3 Å². The molecule has 0 aromatic heterocycles. The maximum absolute atomic E-state index is 14.6. The number of rotatable bonds is 3. The summed E-state index contributed by atoms with van der Waals surface area (Å²) in [5.41, 5.74) is 1.20. The zero-order valence-electron chi connectivity index (χ0n) is 14.6. The van der Waals surface area contributed by atoms with Gasteiger partial charge in [0, 0.05) is 11.8 Å². The highest BCUT2D eigenvalue weighted by atomic mass is 19.1. The normalized spacial score (nSPS) is 10.9. The predicted octanol–water partition coefficient (Wildman–Crippen LogP) is 6.64. The van der Waals surface area contributed by atoms with Crippen LogP contribution in [0.2, 0.25) is 0 Å². The van der Waals surface area contributed by atoms with Gasteiger partial charge in [0.2, 0.25) is 0 Å². The van der Waals surface area contributed by atoms with E-state index < -0.39 is 23.3 Å². The van der Waals surface area contributed by atoms with Crippen molar-refractivity contribution in [1.29, 1.82) is 0 Å². The molecule has 0 unspecified atom stereocenters. The van der Waals surface area contributed by atoms with Crippen LogP contribution in [0.1, 0.15) is 16.7 Å². The second kappa shape index (κ2) is 6.83. The molecular weight excluding hydrogens is 342 g/mol. The van der Waals surface area contributed by atoms with Crippen LogP contribution in [0.4, 0.5) is 34.6 Å². The van der Waals surface area contributed by atoms with Gasteiger partial charge in [-0.3, -0.25) is 0 Å². The third-order valence-corrected chi connectivity index (χ3v) is 4.23. The van der Waals surface area contributed by atoms with Gasteiger partial charge in [0.15, 0.2) is 0 Å². The topological polar surface area (TPSA) is 3.24 Å². The third kappa shape index (κ3) is 3.29. The van der Waals surface area contributed by atoms with Gasteiger partial charge in [0.25, 0.3) is 0 Å². The lowest BCUT2D eigenvalue weighted by Crippen LogP contribution is -2.14. The van der Waals surface area contributed by atoms with E-state index in [9.17, 15) is 17.6 Å². The largest absolute Gasteiger partial charge is 0.305 e. The number of halogens is 4. The van der Waals surface area contributed by atoms with E-state index >= 15 is 0 Å². The number of benzene rings is 3. The van der Waals surface area contributed by atoms with Crippen LogP contribution in [-0.2, 0) is 0 Å². The highest BCUT2D eigenvalue weighted by Crippen LogP contribution is 2.39. The molecule has 0 N–H and O–H groups in total. The molecule has 0 fully saturated rings. The second-order valence-electron chi connectivity index (χ2n) is 6.28. The molecule has 0 heterocycles. The average Bonchev–Trinajstić information content (AvgIpc) is 2.57. The van der Waals surface area contributed by atoms with Gasteiger partial charge in [-0.1, -0.05) is 12.1 Å². The third-order valence-electron chi connectivity index (χ3n) is 4.23. The lowest BCUT2D eigenvalue weighted by molar-refractivity contribution is 0.591. The maximum atomic E-state index is 14.6. The van der Waals surface area contributed by atoms with Crippen LogP contribution < -0.4 is 4.90 Å². The predicted molar refractivity (Wildman–Crippen MR) is 95.2 cm³/mol. The van der Waals surface area contributed by atoms with Crippen molar-refractivity contribution in [2.24, 2.45) is 0 Å². The Bertz CT molecular complexity index is 982. The van der Waals surface area contributed by atoms with E-state index in [1.54, 1.807) is 19.9 Å². The Morgan fingerprint density at radius 1 is 0.577 bits per heavy atom. The summed E-state index contributed by atoms with van der Waals surface area (Å²) in [6, 6.07) is 10.6. The van der Waals surface area contributed by atoms with Gasteiger partial charge < -0.3 is 4.90 Å². The van der Waals surface area contributed by atoms with Crippen molar-refractivity contribution in [1.82, 2.24) is 0 Å². The fourth-order valence-corrected chi connectivity index (χ4v) is 2.73. The molecule has 0 aliphatic carbocycles. The number of hydrogen-bond acceptors (Lipinski definition) is 1. The molecule has 0 atom stereocenters. The molecule has 3 rings (SSSR count). The van der Waals surface area contributed by atoms with E-state index in [2.05, 4.69) is 0 Å². The molecule has 5 heteroatoms. The fourth-order valence-electron chi connectivity index (χ4n) is 2.73. The van der Waals surface area contributed by atoms with Crippen LogP contribution >= 0.6 is 0 Å². The summed E-state index contributed by atoms with van der Waals surface area (Å²) < 4.78 is 57.4. The van der Waals surface area contributed by atoms with Crippen LogP contribution in [0.15, 0.2) is 48.5 Å². The molecule has 3 aromatic carbocycles. The van der Waals surface area contributed by atoms with Gasteiger partial charge in [-0.05, 0) is 67.8 Å². The summed E-state index contributed by atoms with van der Waals surface area (Å²) >= 11 is 0. The Balaban J connectivity index is 2.29. The molecule has 1 nitrogen and oxygen atoms in total. The fraction of sp³-hybridized carbons (Fsp3) is 0.143. The lowest BCUT2D eigenvalue weighted by atomic mass is 10.1. The highest BCUT2D eigenvalue weighted by molar-refractivity contribution is 5.77. The molecule has 0 aliphatic heterocycles. The molecule has 0 saturated heterocycles. The molecule has 26 heavy (non-hydrogen) atoms. The van der Waals surface area contributed by atoms with Crippen molar-refractivity contribution in [3.8, 4) is 0 Å².